The number of imidazole rings is 1. The van der Waals surface area contributed by atoms with Crippen molar-refractivity contribution in [1.29, 1.82) is 0 Å². The molecule has 0 saturated carbocycles. The smallest absolute Gasteiger partial charge is 0.229 e. The third-order valence-electron chi connectivity index (χ3n) is 2.15. The Morgan fingerprint density at radius 1 is 1.41 bits per heavy atom. The number of hydrogen-bond donors (Lipinski definition) is 1. The van der Waals surface area contributed by atoms with Gasteiger partial charge in [0.25, 0.3) is 0 Å². The molecule has 0 unspecified atom stereocenters. The van der Waals surface area contributed by atoms with E-state index in [0.717, 1.165) is 11.8 Å². The molecule has 1 heterocycles. The first-order chi connectivity index (χ1) is 8.03. The van der Waals surface area contributed by atoms with Crippen LogP contribution in [0.2, 0.25) is 0 Å². The van der Waals surface area contributed by atoms with E-state index >= 15 is 0 Å². The summed E-state index contributed by atoms with van der Waals surface area (Å²) in [7, 11) is -3.23. The minimum absolute atomic E-state index is 0.574. The van der Waals surface area contributed by atoms with E-state index in [-0.39, 0.29) is 0 Å². The van der Waals surface area contributed by atoms with E-state index in [4.69, 9.17) is 0 Å². The van der Waals surface area contributed by atoms with Gasteiger partial charge in [-0.3, -0.25) is 4.72 Å². The average molecular weight is 251 g/mol. The highest BCUT2D eigenvalue weighted by molar-refractivity contribution is 7.92. The van der Waals surface area contributed by atoms with Crippen molar-refractivity contribution in [3.8, 4) is 0 Å². The van der Waals surface area contributed by atoms with Crippen LogP contribution in [0.4, 0.5) is 5.69 Å². The minimum Gasteiger partial charge on any atom is -0.333 e. The van der Waals surface area contributed by atoms with Crippen LogP contribution in [0.25, 0.3) is 0 Å². The van der Waals surface area contributed by atoms with Crippen molar-refractivity contribution >= 4 is 15.7 Å². The van der Waals surface area contributed by atoms with Crippen LogP contribution in [0.5, 0.6) is 0 Å². The molecule has 90 valence electrons. The van der Waals surface area contributed by atoms with Gasteiger partial charge < -0.3 is 4.57 Å². The fraction of sp³-hybridized carbons (Fsp3) is 0.182. The topological polar surface area (TPSA) is 64.0 Å². The molecule has 0 saturated heterocycles. The second-order valence-electron chi connectivity index (χ2n) is 3.81. The molecule has 2 aromatic rings. The lowest BCUT2D eigenvalue weighted by molar-refractivity contribution is 0.607. The van der Waals surface area contributed by atoms with Crippen molar-refractivity contribution in [2.24, 2.45) is 0 Å². The van der Waals surface area contributed by atoms with Gasteiger partial charge in [-0.25, -0.2) is 13.4 Å². The first-order valence-corrected chi connectivity index (χ1v) is 6.94. The third-order valence-corrected chi connectivity index (χ3v) is 2.76. The second-order valence-corrected chi connectivity index (χ2v) is 5.56. The summed E-state index contributed by atoms with van der Waals surface area (Å²) in [5.74, 6) is 0. The van der Waals surface area contributed by atoms with E-state index in [1.54, 1.807) is 24.7 Å². The molecule has 6 heteroatoms. The predicted octanol–water partition coefficient (Wildman–Crippen LogP) is 1.30. The minimum atomic E-state index is -3.23. The molecule has 1 N–H and O–H groups in total. The lowest BCUT2D eigenvalue weighted by atomic mass is 10.2. The van der Waals surface area contributed by atoms with Crippen molar-refractivity contribution in [1.82, 2.24) is 9.55 Å². The van der Waals surface area contributed by atoms with Crippen LogP contribution in [0, 0.1) is 0 Å². The summed E-state index contributed by atoms with van der Waals surface area (Å²) in [6.45, 7) is 0.666. The molecule has 0 radical (unpaired) electrons. The molecule has 0 amide bonds. The van der Waals surface area contributed by atoms with Crippen LogP contribution in [0.3, 0.4) is 0 Å². The lowest BCUT2D eigenvalue weighted by Gasteiger charge is -2.07. The monoisotopic (exact) mass is 251 g/mol. The number of hydrogen-bond acceptors (Lipinski definition) is 3. The van der Waals surface area contributed by atoms with Crippen LogP contribution >= 0.6 is 0 Å². The molecule has 17 heavy (non-hydrogen) atoms. The Kier molecular flexibility index (Phi) is 3.14. The van der Waals surface area contributed by atoms with Gasteiger partial charge in [-0.05, 0) is 17.7 Å². The van der Waals surface area contributed by atoms with E-state index in [9.17, 15) is 8.42 Å². The standard InChI is InChI=1S/C11H13N3O2S/c1-17(15,16)13-11-4-2-3-10(7-11)8-14-6-5-12-9-14/h2-7,9,13H,8H2,1H3. The van der Waals surface area contributed by atoms with Crippen LogP contribution in [-0.2, 0) is 16.6 Å². The average Bonchev–Trinajstić information content (AvgIpc) is 2.68. The van der Waals surface area contributed by atoms with Crippen molar-refractivity contribution in [2.45, 2.75) is 6.54 Å². The largest absolute Gasteiger partial charge is 0.333 e. The number of sulfonamides is 1. The van der Waals surface area contributed by atoms with Crippen molar-refractivity contribution in [2.75, 3.05) is 11.0 Å². The Morgan fingerprint density at radius 2 is 2.24 bits per heavy atom. The maximum atomic E-state index is 11.1. The Morgan fingerprint density at radius 3 is 2.88 bits per heavy atom. The van der Waals surface area contributed by atoms with E-state index in [2.05, 4.69) is 9.71 Å². The van der Waals surface area contributed by atoms with E-state index in [1.807, 2.05) is 22.9 Å². The quantitative estimate of drug-likeness (QED) is 0.891. The molecule has 1 aromatic carbocycles. The summed E-state index contributed by atoms with van der Waals surface area (Å²) >= 11 is 0. The van der Waals surface area contributed by atoms with Crippen molar-refractivity contribution < 1.29 is 8.42 Å². The first-order valence-electron chi connectivity index (χ1n) is 5.05. The van der Waals surface area contributed by atoms with Crippen molar-refractivity contribution in [3.05, 3.63) is 48.5 Å². The molecule has 0 aliphatic rings. The van der Waals surface area contributed by atoms with Gasteiger partial charge in [-0.15, -0.1) is 0 Å². The number of nitrogens with zero attached hydrogens (tertiary/aromatic N) is 2. The van der Waals surface area contributed by atoms with E-state index in [0.29, 0.717) is 12.2 Å². The molecule has 5 nitrogen and oxygen atoms in total. The molecule has 0 fully saturated rings. The predicted molar refractivity (Wildman–Crippen MR) is 66.2 cm³/mol. The zero-order valence-corrected chi connectivity index (χ0v) is 10.2. The summed E-state index contributed by atoms with van der Waals surface area (Å²) in [5.41, 5.74) is 1.58. The molecule has 0 aliphatic carbocycles. The SMILES string of the molecule is CS(=O)(=O)Nc1cccc(Cn2ccnc2)c1. The summed E-state index contributed by atoms with van der Waals surface area (Å²) < 4.78 is 26.6. The third kappa shape index (κ3) is 3.60. The number of aromatic nitrogens is 2. The van der Waals surface area contributed by atoms with Gasteiger partial charge in [0.2, 0.25) is 10.0 Å². The number of nitrogens with one attached hydrogen (secondary N) is 1. The summed E-state index contributed by atoms with van der Waals surface area (Å²) in [4.78, 5) is 3.95. The van der Waals surface area contributed by atoms with Gasteiger partial charge >= 0.3 is 0 Å². The first kappa shape index (κ1) is 11.7. The maximum absolute atomic E-state index is 11.1. The molecule has 0 bridgehead atoms. The Bertz CT molecular complexity index is 591. The zero-order chi connectivity index (χ0) is 12.3. The maximum Gasteiger partial charge on any atom is 0.229 e. The van der Waals surface area contributed by atoms with Gasteiger partial charge in [0.1, 0.15) is 0 Å². The Labute approximate surface area is 100 Å². The molecule has 0 spiro atoms. The number of rotatable bonds is 4. The highest BCUT2D eigenvalue weighted by Gasteiger charge is 2.02. The highest BCUT2D eigenvalue weighted by atomic mass is 32.2. The van der Waals surface area contributed by atoms with Crippen molar-refractivity contribution in [3.63, 3.8) is 0 Å². The Hall–Kier alpha value is -1.82. The van der Waals surface area contributed by atoms with Gasteiger partial charge in [0, 0.05) is 24.6 Å². The molecular formula is C11H13N3O2S. The van der Waals surface area contributed by atoms with Crippen LogP contribution in [-0.4, -0.2) is 24.2 Å². The molecule has 1 aromatic heterocycles. The summed E-state index contributed by atoms with van der Waals surface area (Å²) in [5, 5.41) is 0. The normalized spacial score (nSPS) is 11.4. The molecule has 0 atom stereocenters. The van der Waals surface area contributed by atoms with Gasteiger partial charge in [-0.1, -0.05) is 12.1 Å². The van der Waals surface area contributed by atoms with E-state index in [1.165, 1.54) is 0 Å². The Balaban J connectivity index is 2.17. The zero-order valence-electron chi connectivity index (χ0n) is 9.37. The number of benzene rings is 1. The van der Waals surface area contributed by atoms with Gasteiger partial charge in [-0.2, -0.15) is 0 Å². The van der Waals surface area contributed by atoms with Crippen LogP contribution < -0.4 is 4.72 Å². The number of anilines is 1. The summed E-state index contributed by atoms with van der Waals surface area (Å²) in [6, 6.07) is 7.28. The molecule has 0 aliphatic heterocycles. The molecule has 2 rings (SSSR count). The fourth-order valence-corrected chi connectivity index (χ4v) is 2.09. The summed E-state index contributed by atoms with van der Waals surface area (Å²) in [6.07, 6.45) is 6.42. The van der Waals surface area contributed by atoms with Gasteiger partial charge in [0.15, 0.2) is 0 Å². The lowest BCUT2D eigenvalue weighted by Crippen LogP contribution is -2.09. The second kappa shape index (κ2) is 4.58. The molecular weight excluding hydrogens is 238 g/mol. The highest BCUT2D eigenvalue weighted by Crippen LogP contribution is 2.12. The van der Waals surface area contributed by atoms with Crippen LogP contribution in [0.15, 0.2) is 43.0 Å². The van der Waals surface area contributed by atoms with Gasteiger partial charge in [0.05, 0.1) is 12.6 Å². The van der Waals surface area contributed by atoms with Crippen LogP contribution in [0.1, 0.15) is 5.56 Å². The van der Waals surface area contributed by atoms with E-state index < -0.39 is 10.0 Å². The fourth-order valence-electron chi connectivity index (χ4n) is 1.54.